The number of rotatable bonds is 6. The van der Waals surface area contributed by atoms with E-state index in [-0.39, 0.29) is 18.1 Å². The molecule has 0 radical (unpaired) electrons. The number of nitrogens with one attached hydrogen (secondary N) is 1. The van der Waals surface area contributed by atoms with Gasteiger partial charge in [-0.3, -0.25) is 10.1 Å². The first-order valence-corrected chi connectivity index (χ1v) is 7.04. The molecule has 0 bridgehead atoms. The minimum Gasteiger partial charge on any atom is -0.480 e. The van der Waals surface area contributed by atoms with Gasteiger partial charge in [0.2, 0.25) is 0 Å². The molecule has 2 atom stereocenters. The van der Waals surface area contributed by atoms with Crippen molar-refractivity contribution in [3.05, 3.63) is 35.6 Å². The quantitative estimate of drug-likeness (QED) is 0.721. The van der Waals surface area contributed by atoms with Crippen LogP contribution in [-0.2, 0) is 32.3 Å². The van der Waals surface area contributed by atoms with Gasteiger partial charge in [0.05, 0.1) is 0 Å². The Morgan fingerprint density at radius 3 is 2.53 bits per heavy atom. The van der Waals surface area contributed by atoms with Crippen LogP contribution in [0.2, 0.25) is 0 Å². The van der Waals surface area contributed by atoms with Gasteiger partial charge in [0.25, 0.3) is 0 Å². The van der Waals surface area contributed by atoms with Gasteiger partial charge < -0.3 is 9.66 Å². The Kier molecular flexibility index (Phi) is 5.63. The topological polar surface area (TPSA) is 69.6 Å². The van der Waals surface area contributed by atoms with Crippen molar-refractivity contribution in [2.75, 3.05) is 5.75 Å². The average molecular weight is 277 g/mol. The Morgan fingerprint density at radius 2 is 2.06 bits per heavy atom. The molecule has 0 amide bonds. The Hall–Kier alpha value is -0.890. The third-order valence-corrected chi connectivity index (χ3v) is 3.10. The molecular weight excluding hydrogens is 265 g/mol. The zero-order valence-electron chi connectivity index (χ0n) is 8.80. The highest BCUT2D eigenvalue weighted by molar-refractivity contribution is 8.25. The van der Waals surface area contributed by atoms with E-state index < -0.39 is 21.7 Å². The molecule has 4 nitrogen and oxygen atoms in total. The van der Waals surface area contributed by atoms with Crippen molar-refractivity contribution in [1.29, 1.82) is 0 Å². The molecule has 0 spiro atoms. The van der Waals surface area contributed by atoms with E-state index in [9.17, 15) is 9.18 Å². The third kappa shape index (κ3) is 5.31. The van der Waals surface area contributed by atoms with Gasteiger partial charge in [-0.2, -0.15) is 0 Å². The highest BCUT2D eigenvalue weighted by atomic mass is 32.8. The molecule has 2 unspecified atom stereocenters. The molecule has 3 N–H and O–H groups in total. The van der Waals surface area contributed by atoms with E-state index in [1.807, 2.05) is 0 Å². The van der Waals surface area contributed by atoms with Gasteiger partial charge in [0, 0.05) is 22.0 Å². The first-order chi connectivity index (χ1) is 7.99. The lowest BCUT2D eigenvalue weighted by Crippen LogP contribution is -2.40. The number of carboxylic acid groups (broad SMARTS) is 1. The molecule has 7 heteroatoms. The van der Waals surface area contributed by atoms with Crippen LogP contribution in [0.25, 0.3) is 0 Å². The van der Waals surface area contributed by atoms with Crippen LogP contribution < -0.4 is 5.32 Å². The molecule has 0 aliphatic heterocycles. The monoisotopic (exact) mass is 277 g/mol. The van der Waals surface area contributed by atoms with Crippen LogP contribution in [0.4, 0.5) is 4.39 Å². The van der Waals surface area contributed by atoms with Crippen LogP contribution >= 0.6 is 0 Å². The maximum absolute atomic E-state index is 12.6. The summed E-state index contributed by atoms with van der Waals surface area (Å²) in [4.78, 5) is 10.8. The minimum absolute atomic E-state index is 0.0220. The summed E-state index contributed by atoms with van der Waals surface area (Å²) < 4.78 is 21.6. The van der Waals surface area contributed by atoms with Crippen molar-refractivity contribution >= 4 is 26.9 Å². The van der Waals surface area contributed by atoms with Crippen molar-refractivity contribution in [3.63, 3.8) is 0 Å². The molecular formula is C10H12FNO3S2. The number of hydrogen-bond acceptors (Lipinski definition) is 3. The molecule has 17 heavy (non-hydrogen) atoms. The number of carbonyl (C=O) groups is 1. The maximum atomic E-state index is 12.6. The van der Waals surface area contributed by atoms with Crippen LogP contribution in [0.3, 0.4) is 0 Å². The summed E-state index contributed by atoms with van der Waals surface area (Å²) in [5.41, 5.74) is 0.764. The fraction of sp³-hybridized carbons (Fsp3) is 0.300. The second-order valence-electron chi connectivity index (χ2n) is 3.39. The summed E-state index contributed by atoms with van der Waals surface area (Å²) in [7, 11) is -1.35. The Morgan fingerprint density at radius 1 is 1.47 bits per heavy atom. The average Bonchev–Trinajstić information content (AvgIpc) is 2.25. The summed E-state index contributed by atoms with van der Waals surface area (Å²) in [5.74, 6) is -1.43. The van der Waals surface area contributed by atoms with Crippen LogP contribution in [0.1, 0.15) is 5.56 Å². The van der Waals surface area contributed by atoms with Crippen LogP contribution in [0, 0.1) is 5.82 Å². The molecule has 1 rings (SSSR count). The lowest BCUT2D eigenvalue weighted by Gasteiger charge is -2.13. The number of aliphatic carboxylic acids is 1. The number of carboxylic acids is 1. The lowest BCUT2D eigenvalue weighted by molar-refractivity contribution is -0.138. The Balaban J connectivity index is 2.54. The van der Waals surface area contributed by atoms with Crippen LogP contribution in [0.15, 0.2) is 24.3 Å². The summed E-state index contributed by atoms with van der Waals surface area (Å²) in [6.07, 6.45) is 0. The van der Waals surface area contributed by atoms with Crippen molar-refractivity contribution in [3.8, 4) is 0 Å². The second kappa shape index (κ2) is 6.75. The predicted molar refractivity (Wildman–Crippen MR) is 66.9 cm³/mol. The largest absolute Gasteiger partial charge is 0.480 e. The molecule has 1 aromatic carbocycles. The summed E-state index contributed by atoms with van der Waals surface area (Å²) in [5, 5.41) is 11.6. The summed E-state index contributed by atoms with van der Waals surface area (Å²) in [6, 6.07) is 4.83. The highest BCUT2D eigenvalue weighted by Crippen LogP contribution is 2.03. The Labute approximate surface area is 105 Å². The third-order valence-electron chi connectivity index (χ3n) is 2.07. The molecule has 94 valence electrons. The van der Waals surface area contributed by atoms with E-state index in [2.05, 4.69) is 16.5 Å². The van der Waals surface area contributed by atoms with E-state index in [1.165, 1.54) is 12.1 Å². The fourth-order valence-corrected chi connectivity index (χ4v) is 2.16. The number of hydrogen-bond donors (Lipinski definition) is 3. The molecule has 0 saturated heterocycles. The Bertz CT molecular complexity index is 411. The van der Waals surface area contributed by atoms with E-state index in [0.29, 0.717) is 0 Å². The molecule has 1 aromatic rings. The summed E-state index contributed by atoms with van der Waals surface area (Å²) >= 11 is 4.55. The summed E-state index contributed by atoms with van der Waals surface area (Å²) in [6.45, 7) is 0.282. The molecule has 0 aliphatic rings. The standard InChI is InChI=1S/C10H12FNO3S2/c11-8-3-1-7(2-4-8)5-12-9(10(13)14)6-17(15)16/h1-4,9,12H,5-6H2,(H,13,14)(H,15,16). The van der Waals surface area contributed by atoms with Crippen molar-refractivity contribution in [1.82, 2.24) is 5.32 Å². The van der Waals surface area contributed by atoms with E-state index >= 15 is 0 Å². The number of benzene rings is 1. The van der Waals surface area contributed by atoms with Gasteiger partial charge in [-0.05, 0) is 28.9 Å². The zero-order valence-corrected chi connectivity index (χ0v) is 10.4. The minimum atomic E-state index is -1.35. The number of halogens is 1. The predicted octanol–water partition coefficient (Wildman–Crippen LogP) is 0.922. The van der Waals surface area contributed by atoms with Gasteiger partial charge in [-0.25, -0.2) is 4.39 Å². The van der Waals surface area contributed by atoms with Crippen molar-refractivity contribution in [2.24, 2.45) is 0 Å². The van der Waals surface area contributed by atoms with E-state index in [0.717, 1.165) is 5.56 Å². The van der Waals surface area contributed by atoms with Gasteiger partial charge in [0.1, 0.15) is 11.9 Å². The van der Waals surface area contributed by atoms with Gasteiger partial charge >= 0.3 is 5.97 Å². The van der Waals surface area contributed by atoms with Crippen molar-refractivity contribution in [2.45, 2.75) is 12.6 Å². The molecule has 0 heterocycles. The first kappa shape index (κ1) is 14.2. The molecule has 0 saturated carbocycles. The first-order valence-electron chi connectivity index (χ1n) is 4.77. The molecule has 0 aliphatic carbocycles. The fourth-order valence-electron chi connectivity index (χ4n) is 1.20. The van der Waals surface area contributed by atoms with Crippen LogP contribution in [0.5, 0.6) is 0 Å². The lowest BCUT2D eigenvalue weighted by atomic mass is 10.2. The van der Waals surface area contributed by atoms with Gasteiger partial charge in [-0.15, -0.1) is 0 Å². The van der Waals surface area contributed by atoms with Gasteiger partial charge in [0.15, 0.2) is 0 Å². The normalized spacial score (nSPS) is 14.2. The van der Waals surface area contributed by atoms with Crippen LogP contribution in [-0.4, -0.2) is 27.4 Å². The van der Waals surface area contributed by atoms with Crippen molar-refractivity contribution < 1.29 is 18.8 Å². The molecule has 0 fully saturated rings. The SMILES string of the molecule is O=C(O)C(CS(O)=S)NCc1ccc(F)cc1. The zero-order chi connectivity index (χ0) is 12.8. The van der Waals surface area contributed by atoms with E-state index in [1.54, 1.807) is 12.1 Å². The van der Waals surface area contributed by atoms with Gasteiger partial charge in [-0.1, -0.05) is 12.1 Å². The smallest absolute Gasteiger partial charge is 0.321 e. The highest BCUT2D eigenvalue weighted by Gasteiger charge is 2.17. The second-order valence-corrected chi connectivity index (χ2v) is 5.52. The van der Waals surface area contributed by atoms with E-state index in [4.69, 9.17) is 9.66 Å². The maximum Gasteiger partial charge on any atom is 0.321 e. The molecule has 0 aromatic heterocycles.